The zero-order chi connectivity index (χ0) is 8.29. The zero-order valence-corrected chi connectivity index (χ0v) is 6.39. The fourth-order valence-electron chi connectivity index (χ4n) is 1.46. The third-order valence-corrected chi connectivity index (χ3v) is 2.13. The van der Waals surface area contributed by atoms with E-state index in [-0.39, 0.29) is 0 Å². The standard InChI is InChI=1S/C10H6O2/c1-3-5-6(4-2)8-10(12-8)9-7(5)11-9/h3-4H,1-2H2. The van der Waals surface area contributed by atoms with Gasteiger partial charge in [-0.1, -0.05) is 25.3 Å². The van der Waals surface area contributed by atoms with Crippen LogP contribution in [0.3, 0.4) is 0 Å². The fraction of sp³-hybridized carbons (Fsp3) is 0. The van der Waals surface area contributed by atoms with E-state index in [1.165, 1.54) is 0 Å². The average molecular weight is 158 g/mol. The number of rotatable bonds is 2. The molecule has 3 aromatic rings. The second-order valence-electron chi connectivity index (χ2n) is 2.76. The van der Waals surface area contributed by atoms with Gasteiger partial charge in [-0.2, -0.15) is 0 Å². The zero-order valence-electron chi connectivity index (χ0n) is 6.39. The van der Waals surface area contributed by atoms with Gasteiger partial charge >= 0.3 is 0 Å². The molecule has 0 bridgehead atoms. The minimum atomic E-state index is 0.880. The molecular formula is C10H6O2. The lowest BCUT2D eigenvalue weighted by atomic mass is 10.1. The van der Waals surface area contributed by atoms with Crippen LogP contribution in [0, 0.1) is 0 Å². The van der Waals surface area contributed by atoms with Crippen molar-refractivity contribution in [3.8, 4) is 0 Å². The van der Waals surface area contributed by atoms with Gasteiger partial charge in [0.05, 0.1) is 0 Å². The minimum absolute atomic E-state index is 0.880. The molecule has 2 nitrogen and oxygen atoms in total. The van der Waals surface area contributed by atoms with E-state index >= 15 is 0 Å². The maximum absolute atomic E-state index is 5.24. The third-order valence-electron chi connectivity index (χ3n) is 2.13. The van der Waals surface area contributed by atoms with E-state index in [2.05, 4.69) is 13.2 Å². The third kappa shape index (κ3) is 0.482. The Morgan fingerprint density at radius 1 is 0.750 bits per heavy atom. The van der Waals surface area contributed by atoms with E-state index in [0.29, 0.717) is 0 Å². The number of hydrogen-bond donors (Lipinski definition) is 0. The number of fused-ring (bicyclic) bond motifs is 3. The molecule has 0 amide bonds. The Morgan fingerprint density at radius 3 is 1.50 bits per heavy atom. The molecule has 58 valence electrons. The van der Waals surface area contributed by atoms with Gasteiger partial charge in [0.15, 0.2) is 11.2 Å². The molecule has 0 atom stereocenters. The molecule has 0 saturated heterocycles. The molecule has 0 spiro atoms. The molecule has 3 rings (SSSR count). The summed E-state index contributed by atoms with van der Waals surface area (Å²) in [5.41, 5.74) is 5.55. The van der Waals surface area contributed by atoms with E-state index in [1.54, 1.807) is 12.2 Å². The molecule has 0 radical (unpaired) electrons. The molecule has 0 aliphatic rings. The van der Waals surface area contributed by atoms with Gasteiger partial charge in [-0.25, -0.2) is 0 Å². The first-order valence-electron chi connectivity index (χ1n) is 3.71. The van der Waals surface area contributed by atoms with Crippen molar-refractivity contribution in [3.63, 3.8) is 0 Å². The van der Waals surface area contributed by atoms with Crippen molar-refractivity contribution in [1.82, 2.24) is 0 Å². The molecule has 2 heterocycles. The maximum atomic E-state index is 5.24. The molecule has 0 N–H and O–H groups in total. The van der Waals surface area contributed by atoms with Gasteiger partial charge in [0, 0.05) is 11.1 Å². The van der Waals surface area contributed by atoms with Crippen LogP contribution in [0.1, 0.15) is 11.1 Å². The molecule has 0 unspecified atom stereocenters. The predicted octanol–water partition coefficient (Wildman–Crippen LogP) is 3.34. The van der Waals surface area contributed by atoms with Crippen LogP contribution in [-0.4, -0.2) is 0 Å². The van der Waals surface area contributed by atoms with E-state index in [9.17, 15) is 0 Å². The lowest BCUT2D eigenvalue weighted by Gasteiger charge is -1.89. The highest BCUT2D eigenvalue weighted by Gasteiger charge is 2.28. The lowest BCUT2D eigenvalue weighted by molar-refractivity contribution is 0.729. The van der Waals surface area contributed by atoms with Crippen molar-refractivity contribution in [2.24, 2.45) is 0 Å². The SMILES string of the molecule is C=Cc1c(C=C)c2oc2c2oc12. The highest BCUT2D eigenvalue weighted by atomic mass is 16.4. The maximum Gasteiger partial charge on any atom is 0.217 e. The van der Waals surface area contributed by atoms with Crippen molar-refractivity contribution in [2.45, 2.75) is 0 Å². The summed E-state index contributed by atoms with van der Waals surface area (Å²) in [7, 11) is 0. The average Bonchev–Trinajstić information content (AvgIpc) is 2.90. The first-order chi connectivity index (χ1) is 5.86. The summed E-state index contributed by atoms with van der Waals surface area (Å²) < 4.78 is 10.5. The van der Waals surface area contributed by atoms with E-state index in [1.807, 2.05) is 0 Å². The van der Waals surface area contributed by atoms with Crippen LogP contribution in [-0.2, 0) is 0 Å². The summed E-state index contributed by atoms with van der Waals surface area (Å²) in [6.07, 6.45) is 3.54. The molecule has 0 aliphatic heterocycles. The van der Waals surface area contributed by atoms with Crippen LogP contribution >= 0.6 is 0 Å². The van der Waals surface area contributed by atoms with Crippen LogP contribution in [0.25, 0.3) is 34.5 Å². The smallest absolute Gasteiger partial charge is 0.217 e. The van der Waals surface area contributed by atoms with E-state index < -0.39 is 0 Å². The van der Waals surface area contributed by atoms with Crippen LogP contribution in [0.5, 0.6) is 0 Å². The van der Waals surface area contributed by atoms with Crippen molar-refractivity contribution in [3.05, 3.63) is 24.3 Å². The van der Waals surface area contributed by atoms with E-state index in [0.717, 1.165) is 33.5 Å². The molecule has 12 heavy (non-hydrogen) atoms. The molecule has 0 aliphatic carbocycles. The van der Waals surface area contributed by atoms with Crippen LogP contribution < -0.4 is 0 Å². The Labute approximate surface area is 68.4 Å². The highest BCUT2D eigenvalue weighted by Crippen LogP contribution is 2.45. The predicted molar refractivity (Wildman–Crippen MR) is 48.5 cm³/mol. The van der Waals surface area contributed by atoms with Gasteiger partial charge in [0.25, 0.3) is 0 Å². The second kappa shape index (κ2) is 1.55. The quantitative estimate of drug-likeness (QED) is 0.571. The molecule has 0 saturated carbocycles. The molecule has 2 aromatic heterocycles. The topological polar surface area (TPSA) is 26.3 Å². The Morgan fingerprint density at radius 2 is 1.17 bits per heavy atom. The number of hydrogen-bond acceptors (Lipinski definition) is 2. The van der Waals surface area contributed by atoms with E-state index in [4.69, 9.17) is 8.83 Å². The van der Waals surface area contributed by atoms with Crippen molar-refractivity contribution < 1.29 is 8.83 Å². The van der Waals surface area contributed by atoms with Gasteiger partial charge in [-0.05, 0) is 0 Å². The summed E-state index contributed by atoms with van der Waals surface area (Å²) in [6, 6.07) is 0. The summed E-state index contributed by atoms with van der Waals surface area (Å²) >= 11 is 0. The van der Waals surface area contributed by atoms with Gasteiger partial charge in [0.2, 0.25) is 11.2 Å². The summed E-state index contributed by atoms with van der Waals surface area (Å²) in [5, 5.41) is 0. The van der Waals surface area contributed by atoms with Crippen molar-refractivity contribution >= 4 is 34.5 Å². The normalized spacial score (nSPS) is 12.0. The Balaban J connectivity index is 2.53. The Hall–Kier alpha value is -1.70. The summed E-state index contributed by atoms with van der Waals surface area (Å²) in [6.45, 7) is 7.43. The van der Waals surface area contributed by atoms with Crippen molar-refractivity contribution in [2.75, 3.05) is 0 Å². The van der Waals surface area contributed by atoms with Crippen molar-refractivity contribution in [1.29, 1.82) is 0 Å². The van der Waals surface area contributed by atoms with Gasteiger partial charge in [0.1, 0.15) is 0 Å². The first kappa shape index (κ1) is 5.89. The minimum Gasteiger partial charge on any atom is -0.445 e. The van der Waals surface area contributed by atoms with Gasteiger partial charge in [-0.3, -0.25) is 0 Å². The van der Waals surface area contributed by atoms with Gasteiger partial charge < -0.3 is 8.83 Å². The number of benzene rings is 1. The van der Waals surface area contributed by atoms with Crippen LogP contribution in [0.2, 0.25) is 0 Å². The monoisotopic (exact) mass is 158 g/mol. The van der Waals surface area contributed by atoms with Gasteiger partial charge in [-0.15, -0.1) is 0 Å². The molecule has 1 aromatic carbocycles. The largest absolute Gasteiger partial charge is 0.445 e. The lowest BCUT2D eigenvalue weighted by Crippen LogP contribution is -1.73. The first-order valence-corrected chi connectivity index (χ1v) is 3.71. The van der Waals surface area contributed by atoms with Crippen LogP contribution in [0.15, 0.2) is 22.0 Å². The fourth-order valence-corrected chi connectivity index (χ4v) is 1.46. The summed E-state index contributed by atoms with van der Waals surface area (Å²) in [5.74, 6) is 0. The molecule has 2 heteroatoms. The molecule has 0 fully saturated rings. The molecular weight excluding hydrogens is 152 g/mol. The summed E-state index contributed by atoms with van der Waals surface area (Å²) in [4.78, 5) is 0. The Kier molecular flexibility index (Phi) is 0.763. The highest BCUT2D eigenvalue weighted by molar-refractivity contribution is 6.13. The Bertz CT molecular complexity index is 502. The second-order valence-corrected chi connectivity index (χ2v) is 2.76. The van der Waals surface area contributed by atoms with Crippen LogP contribution in [0.4, 0.5) is 0 Å².